The van der Waals surface area contributed by atoms with Gasteiger partial charge in [-0.2, -0.15) is 11.3 Å². The number of amides is 4. The average molecular weight is 253 g/mol. The first-order valence-corrected chi connectivity index (χ1v) is 6.01. The van der Waals surface area contributed by atoms with E-state index in [2.05, 4.69) is 10.7 Å². The normalized spacial score (nSPS) is 14.9. The van der Waals surface area contributed by atoms with E-state index in [1.807, 2.05) is 16.8 Å². The smallest absolute Gasteiger partial charge is 0.275 e. The number of nitrogens with one attached hydrogen (secondary N) is 2. The number of nitrogens with zero attached hydrogens (tertiary/aromatic N) is 1. The molecule has 7 heteroatoms. The summed E-state index contributed by atoms with van der Waals surface area (Å²) < 4.78 is 0. The zero-order valence-corrected chi connectivity index (χ0v) is 9.75. The molecule has 1 aromatic heterocycles. The van der Waals surface area contributed by atoms with Gasteiger partial charge in [0.25, 0.3) is 0 Å². The first kappa shape index (κ1) is 11.6. The molecule has 0 spiro atoms. The maximum atomic E-state index is 11.5. The first-order valence-electron chi connectivity index (χ1n) is 5.07. The van der Waals surface area contributed by atoms with Crippen molar-refractivity contribution in [1.82, 2.24) is 15.8 Å². The third kappa shape index (κ3) is 3.04. The van der Waals surface area contributed by atoms with E-state index in [1.54, 1.807) is 11.3 Å². The van der Waals surface area contributed by atoms with E-state index >= 15 is 0 Å². The van der Waals surface area contributed by atoms with Gasteiger partial charge in [-0.05, 0) is 28.8 Å². The van der Waals surface area contributed by atoms with Crippen LogP contribution < -0.4 is 10.7 Å². The molecule has 1 aromatic rings. The lowest BCUT2D eigenvalue weighted by Crippen LogP contribution is -2.44. The molecule has 2 heterocycles. The molecule has 1 fully saturated rings. The molecular weight excluding hydrogens is 242 g/mol. The Kier molecular flexibility index (Phi) is 3.38. The van der Waals surface area contributed by atoms with E-state index in [1.165, 1.54) is 0 Å². The van der Waals surface area contributed by atoms with Gasteiger partial charge in [-0.25, -0.2) is 9.80 Å². The summed E-state index contributed by atoms with van der Waals surface area (Å²) in [6.07, 6.45) is 0.910. The lowest BCUT2D eigenvalue weighted by atomic mass is 10.2. The molecule has 4 amide bonds. The van der Waals surface area contributed by atoms with Crippen LogP contribution in [0.5, 0.6) is 0 Å². The van der Waals surface area contributed by atoms with Crippen LogP contribution in [0.1, 0.15) is 12.0 Å². The van der Waals surface area contributed by atoms with Crippen molar-refractivity contribution in [3.8, 4) is 0 Å². The fourth-order valence-electron chi connectivity index (χ4n) is 1.43. The minimum Gasteiger partial charge on any atom is -0.275 e. The van der Waals surface area contributed by atoms with Gasteiger partial charge in [-0.3, -0.25) is 20.3 Å². The molecule has 90 valence electrons. The predicted octanol–water partition coefficient (Wildman–Crippen LogP) is 0.264. The largest absolute Gasteiger partial charge is 0.343 e. The Morgan fingerprint density at radius 1 is 1.53 bits per heavy atom. The zero-order chi connectivity index (χ0) is 12.3. The van der Waals surface area contributed by atoms with E-state index < -0.39 is 11.9 Å². The Morgan fingerprint density at radius 2 is 2.35 bits per heavy atom. The van der Waals surface area contributed by atoms with Gasteiger partial charge in [-0.15, -0.1) is 0 Å². The van der Waals surface area contributed by atoms with Crippen LogP contribution in [-0.2, 0) is 16.0 Å². The summed E-state index contributed by atoms with van der Waals surface area (Å²) in [7, 11) is 0. The second kappa shape index (κ2) is 4.96. The van der Waals surface area contributed by atoms with Gasteiger partial charge < -0.3 is 0 Å². The molecule has 0 atom stereocenters. The number of imide groups is 1. The number of urea groups is 1. The highest BCUT2D eigenvalue weighted by Gasteiger charge is 2.27. The summed E-state index contributed by atoms with van der Waals surface area (Å²) in [5, 5.41) is 6.98. The van der Waals surface area contributed by atoms with E-state index in [4.69, 9.17) is 0 Å². The highest BCUT2D eigenvalue weighted by molar-refractivity contribution is 7.07. The fourth-order valence-corrected chi connectivity index (χ4v) is 2.13. The van der Waals surface area contributed by atoms with Crippen LogP contribution in [0.4, 0.5) is 4.79 Å². The Labute approximate surface area is 102 Å². The molecule has 0 aliphatic carbocycles. The monoisotopic (exact) mass is 253 g/mol. The quantitative estimate of drug-likeness (QED) is 0.756. The highest BCUT2D eigenvalue weighted by atomic mass is 32.1. The summed E-state index contributed by atoms with van der Waals surface area (Å²) in [6, 6.07) is 1.36. The predicted molar refractivity (Wildman–Crippen MR) is 61.0 cm³/mol. The fraction of sp³-hybridized carbons (Fsp3) is 0.300. The number of hydrazine groups is 1. The molecule has 1 aliphatic rings. The second-order valence-electron chi connectivity index (χ2n) is 3.61. The molecule has 1 saturated heterocycles. The Bertz CT molecular complexity index is 444. The molecule has 0 bridgehead atoms. The third-order valence-corrected chi connectivity index (χ3v) is 3.01. The van der Waals surface area contributed by atoms with Crippen LogP contribution in [-0.4, -0.2) is 29.4 Å². The number of hydrogen-bond acceptors (Lipinski definition) is 4. The van der Waals surface area contributed by atoms with E-state index in [0.29, 0.717) is 6.42 Å². The average Bonchev–Trinajstić information content (AvgIpc) is 2.87. The van der Waals surface area contributed by atoms with Crippen LogP contribution in [0, 0.1) is 0 Å². The van der Waals surface area contributed by atoms with Gasteiger partial charge >= 0.3 is 6.03 Å². The van der Waals surface area contributed by atoms with Crippen molar-refractivity contribution in [3.63, 3.8) is 0 Å². The maximum absolute atomic E-state index is 11.5. The van der Waals surface area contributed by atoms with Gasteiger partial charge in [-0.1, -0.05) is 0 Å². The number of thiophene rings is 1. The number of carbonyl (C=O) groups is 3. The number of hydrogen-bond donors (Lipinski definition) is 2. The van der Waals surface area contributed by atoms with Gasteiger partial charge in [0.1, 0.15) is 6.54 Å². The molecule has 17 heavy (non-hydrogen) atoms. The molecule has 1 aliphatic heterocycles. The minimum absolute atomic E-state index is 0.122. The second-order valence-corrected chi connectivity index (χ2v) is 4.39. The minimum atomic E-state index is -0.584. The van der Waals surface area contributed by atoms with Crippen molar-refractivity contribution in [1.29, 1.82) is 0 Å². The van der Waals surface area contributed by atoms with Crippen LogP contribution in [0.2, 0.25) is 0 Å². The molecule has 0 radical (unpaired) electrons. The van der Waals surface area contributed by atoms with Crippen LogP contribution in [0.25, 0.3) is 0 Å². The van der Waals surface area contributed by atoms with Crippen molar-refractivity contribution in [2.45, 2.75) is 12.8 Å². The van der Waals surface area contributed by atoms with Crippen molar-refractivity contribution in [2.75, 3.05) is 6.54 Å². The van der Waals surface area contributed by atoms with E-state index in [-0.39, 0.29) is 18.9 Å². The summed E-state index contributed by atoms with van der Waals surface area (Å²) >= 11 is 1.57. The number of rotatable bonds is 4. The van der Waals surface area contributed by atoms with Gasteiger partial charge in [0.15, 0.2) is 0 Å². The van der Waals surface area contributed by atoms with Crippen molar-refractivity contribution in [3.05, 3.63) is 22.4 Å². The Balaban J connectivity index is 1.78. The highest BCUT2D eigenvalue weighted by Crippen LogP contribution is 2.08. The maximum Gasteiger partial charge on any atom is 0.343 e. The molecular formula is C10H11N3O3S. The molecule has 2 rings (SSSR count). The Hall–Kier alpha value is -1.89. The van der Waals surface area contributed by atoms with E-state index in [9.17, 15) is 14.4 Å². The van der Waals surface area contributed by atoms with Crippen LogP contribution in [0.15, 0.2) is 16.8 Å². The van der Waals surface area contributed by atoms with Crippen molar-refractivity contribution < 1.29 is 14.4 Å². The third-order valence-electron chi connectivity index (χ3n) is 2.27. The molecule has 0 aromatic carbocycles. The SMILES string of the molecule is O=C1CN(NC(=O)CCc2ccsc2)C(=O)N1. The zero-order valence-electron chi connectivity index (χ0n) is 8.93. The first-order chi connectivity index (χ1) is 8.15. The summed E-state index contributed by atoms with van der Waals surface area (Å²) in [5.41, 5.74) is 3.48. The van der Waals surface area contributed by atoms with Gasteiger partial charge in [0.05, 0.1) is 0 Å². The van der Waals surface area contributed by atoms with Crippen LogP contribution >= 0.6 is 11.3 Å². The number of aryl methyl sites for hydroxylation is 1. The molecule has 2 N–H and O–H groups in total. The van der Waals surface area contributed by atoms with Crippen molar-refractivity contribution in [2.24, 2.45) is 0 Å². The molecule has 0 saturated carbocycles. The Morgan fingerprint density at radius 3 is 2.94 bits per heavy atom. The van der Waals surface area contributed by atoms with Gasteiger partial charge in [0, 0.05) is 6.42 Å². The summed E-state index contributed by atoms with van der Waals surface area (Å²) in [4.78, 5) is 33.5. The molecule has 0 unspecified atom stereocenters. The van der Waals surface area contributed by atoms with Gasteiger partial charge in [0.2, 0.25) is 11.8 Å². The van der Waals surface area contributed by atoms with E-state index in [0.717, 1.165) is 10.6 Å². The number of carbonyl (C=O) groups excluding carboxylic acids is 3. The lowest BCUT2D eigenvalue weighted by molar-refractivity contribution is -0.125. The topological polar surface area (TPSA) is 78.5 Å². The molecule has 6 nitrogen and oxygen atoms in total. The summed E-state index contributed by atoms with van der Waals surface area (Å²) in [6.45, 7) is -0.122. The summed E-state index contributed by atoms with van der Waals surface area (Å²) in [5.74, 6) is -0.686. The van der Waals surface area contributed by atoms with Crippen molar-refractivity contribution >= 4 is 29.2 Å². The standard InChI is InChI=1S/C10H11N3O3S/c14-8(2-1-7-3-4-17-6-7)12-13-5-9(15)11-10(13)16/h3-4,6H,1-2,5H2,(H,12,14)(H,11,15,16). The van der Waals surface area contributed by atoms with Crippen LogP contribution in [0.3, 0.4) is 0 Å². The lowest BCUT2D eigenvalue weighted by Gasteiger charge is -2.14.